The second-order valence-corrected chi connectivity index (χ2v) is 4.45. The number of rotatable bonds is 4. The lowest BCUT2D eigenvalue weighted by molar-refractivity contribution is -0.148. The molecule has 74 valence electrons. The van der Waals surface area contributed by atoms with Gasteiger partial charge >= 0.3 is 5.97 Å². The molecule has 0 heterocycles. The summed E-state index contributed by atoms with van der Waals surface area (Å²) in [6.07, 6.45) is 6.35. The van der Waals surface area contributed by atoms with Crippen molar-refractivity contribution in [2.45, 2.75) is 44.6 Å². The summed E-state index contributed by atoms with van der Waals surface area (Å²) in [6, 6.07) is 0.622. The predicted octanol–water partition coefficient (Wildman–Crippen LogP) is 1.38. The molecule has 2 aliphatic rings. The molecular formula is C10H17NO2. The van der Waals surface area contributed by atoms with Crippen LogP contribution in [0.3, 0.4) is 0 Å². The van der Waals surface area contributed by atoms with Crippen molar-refractivity contribution in [3.8, 4) is 0 Å². The lowest BCUT2D eigenvalue weighted by Gasteiger charge is -2.23. The van der Waals surface area contributed by atoms with E-state index < -0.39 is 11.4 Å². The molecule has 0 bridgehead atoms. The molecule has 0 amide bonds. The van der Waals surface area contributed by atoms with Gasteiger partial charge in [0.05, 0.1) is 5.41 Å². The smallest absolute Gasteiger partial charge is 0.310 e. The van der Waals surface area contributed by atoms with Crippen molar-refractivity contribution in [2.24, 2.45) is 5.41 Å². The first-order valence-corrected chi connectivity index (χ1v) is 5.20. The molecule has 0 aromatic carbocycles. The van der Waals surface area contributed by atoms with Crippen molar-refractivity contribution in [1.29, 1.82) is 0 Å². The lowest BCUT2D eigenvalue weighted by atomic mass is 9.86. The van der Waals surface area contributed by atoms with Crippen LogP contribution in [0.1, 0.15) is 38.5 Å². The highest BCUT2D eigenvalue weighted by Gasteiger charge is 2.41. The van der Waals surface area contributed by atoms with Crippen LogP contribution >= 0.6 is 0 Å². The third-order valence-corrected chi connectivity index (χ3v) is 3.32. The molecule has 3 nitrogen and oxygen atoms in total. The topological polar surface area (TPSA) is 49.3 Å². The summed E-state index contributed by atoms with van der Waals surface area (Å²) in [5.41, 5.74) is -0.428. The van der Waals surface area contributed by atoms with Crippen LogP contribution in [-0.4, -0.2) is 23.7 Å². The van der Waals surface area contributed by atoms with Crippen LogP contribution in [0.15, 0.2) is 0 Å². The third kappa shape index (κ3) is 1.85. The van der Waals surface area contributed by atoms with E-state index in [9.17, 15) is 4.79 Å². The molecule has 3 heteroatoms. The molecule has 0 atom stereocenters. The van der Waals surface area contributed by atoms with E-state index in [-0.39, 0.29) is 0 Å². The summed E-state index contributed by atoms with van der Waals surface area (Å²) in [7, 11) is 0. The summed E-state index contributed by atoms with van der Waals surface area (Å²) in [4.78, 5) is 11.1. The number of nitrogens with one attached hydrogen (secondary N) is 1. The van der Waals surface area contributed by atoms with Gasteiger partial charge in [0.25, 0.3) is 0 Å². The summed E-state index contributed by atoms with van der Waals surface area (Å²) in [5, 5.41) is 12.5. The molecule has 0 aliphatic heterocycles. The minimum atomic E-state index is -0.599. The first-order valence-electron chi connectivity index (χ1n) is 5.20. The van der Waals surface area contributed by atoms with Gasteiger partial charge in [-0.15, -0.1) is 0 Å². The first-order chi connectivity index (χ1) is 6.23. The van der Waals surface area contributed by atoms with Gasteiger partial charge in [0, 0.05) is 12.6 Å². The van der Waals surface area contributed by atoms with E-state index >= 15 is 0 Å². The van der Waals surface area contributed by atoms with Crippen LogP contribution < -0.4 is 5.32 Å². The fraction of sp³-hybridized carbons (Fsp3) is 0.900. The zero-order valence-corrected chi connectivity index (χ0v) is 7.88. The zero-order chi connectivity index (χ0) is 9.31. The third-order valence-electron chi connectivity index (χ3n) is 3.32. The van der Waals surface area contributed by atoms with Gasteiger partial charge in [-0.3, -0.25) is 4.79 Å². The maximum absolute atomic E-state index is 11.1. The van der Waals surface area contributed by atoms with E-state index in [1.54, 1.807) is 0 Å². The van der Waals surface area contributed by atoms with E-state index in [0.717, 1.165) is 25.7 Å². The van der Waals surface area contributed by atoms with Gasteiger partial charge in [0.15, 0.2) is 0 Å². The molecule has 0 aromatic rings. The maximum Gasteiger partial charge on any atom is 0.310 e. The molecule has 13 heavy (non-hydrogen) atoms. The average molecular weight is 183 g/mol. The largest absolute Gasteiger partial charge is 0.481 e. The number of carboxylic acid groups (broad SMARTS) is 1. The molecule has 0 saturated heterocycles. The van der Waals surface area contributed by atoms with Gasteiger partial charge < -0.3 is 10.4 Å². The Hall–Kier alpha value is -0.570. The van der Waals surface area contributed by atoms with Crippen molar-refractivity contribution in [3.05, 3.63) is 0 Å². The standard InChI is InChI=1S/C10H17NO2/c12-9(13)10(5-1-2-6-10)7-11-8-3-4-8/h8,11H,1-7H2,(H,12,13). The van der Waals surface area contributed by atoms with E-state index in [2.05, 4.69) is 5.32 Å². The number of hydrogen-bond acceptors (Lipinski definition) is 2. The van der Waals surface area contributed by atoms with Gasteiger partial charge in [0.1, 0.15) is 0 Å². The Morgan fingerprint density at radius 2 is 2.00 bits per heavy atom. The Morgan fingerprint density at radius 3 is 2.46 bits per heavy atom. The van der Waals surface area contributed by atoms with Gasteiger partial charge in [-0.1, -0.05) is 12.8 Å². The van der Waals surface area contributed by atoms with Crippen LogP contribution in [0, 0.1) is 5.41 Å². The fourth-order valence-corrected chi connectivity index (χ4v) is 2.15. The molecule has 2 saturated carbocycles. The monoisotopic (exact) mass is 183 g/mol. The molecule has 0 aromatic heterocycles. The minimum absolute atomic E-state index is 0.428. The molecule has 2 fully saturated rings. The number of carboxylic acids is 1. The SMILES string of the molecule is O=C(O)C1(CNC2CC2)CCCC1. The number of hydrogen-bond donors (Lipinski definition) is 2. The van der Waals surface area contributed by atoms with Crippen LogP contribution in [0.25, 0.3) is 0 Å². The molecular weight excluding hydrogens is 166 g/mol. The van der Waals surface area contributed by atoms with Crippen LogP contribution in [0.2, 0.25) is 0 Å². The van der Waals surface area contributed by atoms with E-state index in [1.807, 2.05) is 0 Å². The minimum Gasteiger partial charge on any atom is -0.481 e. The Balaban J connectivity index is 1.91. The second-order valence-electron chi connectivity index (χ2n) is 4.45. The molecule has 2 N–H and O–H groups in total. The summed E-state index contributed by atoms with van der Waals surface area (Å²) >= 11 is 0. The number of carbonyl (C=O) groups is 1. The zero-order valence-electron chi connectivity index (χ0n) is 7.88. The van der Waals surface area contributed by atoms with Crippen LogP contribution in [0.4, 0.5) is 0 Å². The van der Waals surface area contributed by atoms with E-state index in [0.29, 0.717) is 12.6 Å². The Morgan fingerprint density at radius 1 is 1.38 bits per heavy atom. The first kappa shape index (κ1) is 9.00. The fourth-order valence-electron chi connectivity index (χ4n) is 2.15. The van der Waals surface area contributed by atoms with E-state index in [4.69, 9.17) is 5.11 Å². The van der Waals surface area contributed by atoms with Crippen LogP contribution in [0.5, 0.6) is 0 Å². The highest BCUT2D eigenvalue weighted by molar-refractivity contribution is 5.75. The summed E-state index contributed by atoms with van der Waals surface area (Å²) in [5.74, 6) is -0.599. The van der Waals surface area contributed by atoms with Crippen molar-refractivity contribution in [3.63, 3.8) is 0 Å². The predicted molar refractivity (Wildman–Crippen MR) is 49.6 cm³/mol. The lowest BCUT2D eigenvalue weighted by Crippen LogP contribution is -2.39. The normalized spacial score (nSPS) is 26.2. The quantitative estimate of drug-likeness (QED) is 0.692. The van der Waals surface area contributed by atoms with Gasteiger partial charge in [-0.25, -0.2) is 0 Å². The Labute approximate surface area is 78.5 Å². The number of aliphatic carboxylic acids is 1. The molecule has 2 aliphatic carbocycles. The van der Waals surface area contributed by atoms with Crippen molar-refractivity contribution in [1.82, 2.24) is 5.32 Å². The molecule has 0 spiro atoms. The van der Waals surface area contributed by atoms with E-state index in [1.165, 1.54) is 12.8 Å². The summed E-state index contributed by atoms with van der Waals surface area (Å²) < 4.78 is 0. The highest BCUT2D eigenvalue weighted by atomic mass is 16.4. The summed E-state index contributed by atoms with van der Waals surface area (Å²) in [6.45, 7) is 0.687. The maximum atomic E-state index is 11.1. The molecule has 0 unspecified atom stereocenters. The van der Waals surface area contributed by atoms with Crippen molar-refractivity contribution in [2.75, 3.05) is 6.54 Å². The molecule has 2 rings (SSSR count). The van der Waals surface area contributed by atoms with Gasteiger partial charge in [-0.2, -0.15) is 0 Å². The average Bonchev–Trinajstić information content (AvgIpc) is 2.80. The second kappa shape index (κ2) is 3.29. The van der Waals surface area contributed by atoms with Crippen molar-refractivity contribution >= 4 is 5.97 Å². The van der Waals surface area contributed by atoms with Crippen LogP contribution in [-0.2, 0) is 4.79 Å². The van der Waals surface area contributed by atoms with Crippen molar-refractivity contribution < 1.29 is 9.90 Å². The van der Waals surface area contributed by atoms with Gasteiger partial charge in [-0.05, 0) is 25.7 Å². The Kier molecular flexibility index (Phi) is 2.28. The Bertz CT molecular complexity index is 205. The molecule has 0 radical (unpaired) electrons. The van der Waals surface area contributed by atoms with Gasteiger partial charge in [0.2, 0.25) is 0 Å². The highest BCUT2D eigenvalue weighted by Crippen LogP contribution is 2.38.